The fraction of sp³-hybridized carbons (Fsp3) is 0.143. The minimum absolute atomic E-state index is 0.0981. The summed E-state index contributed by atoms with van der Waals surface area (Å²) in [6.07, 6.45) is 7.16. The number of nitrogens with zero attached hydrogens (tertiary/aromatic N) is 3. The molecule has 184 valence electrons. The standard InChI is InChI=1S/C28H21BrN4O3S/c29-19-7-3-5-17(13-19)23-12-11-21(36-23)15-31-32-26(34)18-6-4-8-20(14-18)33-16-30-27-25(28(33)35)22-9-1-2-10-24(22)37-27/h3-8,11-16H,1-2,9-10H2,(H,32,34)/b31-15+. The van der Waals surface area contributed by atoms with Crippen molar-refractivity contribution in [2.45, 2.75) is 25.7 Å². The zero-order chi connectivity index (χ0) is 25.4. The first-order valence-corrected chi connectivity index (χ1v) is 13.5. The van der Waals surface area contributed by atoms with E-state index in [4.69, 9.17) is 4.42 Å². The normalized spacial score (nSPS) is 13.2. The summed E-state index contributed by atoms with van der Waals surface area (Å²) >= 11 is 5.08. The van der Waals surface area contributed by atoms with Crippen LogP contribution in [0.15, 0.2) is 85.8 Å². The van der Waals surface area contributed by atoms with E-state index in [9.17, 15) is 9.59 Å². The second-order valence-electron chi connectivity index (χ2n) is 8.77. The van der Waals surface area contributed by atoms with E-state index in [0.29, 0.717) is 28.2 Å². The molecule has 0 spiro atoms. The molecule has 9 heteroatoms. The molecule has 0 aliphatic heterocycles. The number of fused-ring (bicyclic) bond motifs is 3. The highest BCUT2D eigenvalue weighted by Crippen LogP contribution is 2.33. The molecule has 1 aliphatic rings. The van der Waals surface area contributed by atoms with Crippen LogP contribution in [-0.4, -0.2) is 21.7 Å². The van der Waals surface area contributed by atoms with Crippen LogP contribution in [0.2, 0.25) is 0 Å². The molecule has 0 atom stereocenters. The number of hydrogen-bond donors (Lipinski definition) is 1. The minimum atomic E-state index is -0.396. The van der Waals surface area contributed by atoms with Crippen molar-refractivity contribution in [3.05, 3.63) is 104 Å². The van der Waals surface area contributed by atoms with Crippen molar-refractivity contribution in [2.24, 2.45) is 5.10 Å². The maximum absolute atomic E-state index is 13.4. The molecule has 0 fully saturated rings. The summed E-state index contributed by atoms with van der Waals surface area (Å²) in [6, 6.07) is 18.3. The average molecular weight is 573 g/mol. The number of halogens is 1. The number of carbonyl (C=O) groups excluding carboxylic acids is 1. The Morgan fingerprint density at radius 3 is 2.86 bits per heavy atom. The lowest BCUT2D eigenvalue weighted by atomic mass is 9.97. The van der Waals surface area contributed by atoms with E-state index >= 15 is 0 Å². The highest BCUT2D eigenvalue weighted by molar-refractivity contribution is 9.10. The first-order valence-electron chi connectivity index (χ1n) is 11.9. The predicted octanol–water partition coefficient (Wildman–Crippen LogP) is 6.11. The van der Waals surface area contributed by atoms with Gasteiger partial charge in [-0.3, -0.25) is 14.2 Å². The highest BCUT2D eigenvalue weighted by Gasteiger charge is 2.20. The summed E-state index contributed by atoms with van der Waals surface area (Å²) in [7, 11) is 0. The van der Waals surface area contributed by atoms with E-state index < -0.39 is 5.91 Å². The number of thiophene rings is 1. The van der Waals surface area contributed by atoms with Crippen molar-refractivity contribution in [3.8, 4) is 17.0 Å². The zero-order valence-electron chi connectivity index (χ0n) is 19.6. The van der Waals surface area contributed by atoms with Crippen molar-refractivity contribution >= 4 is 49.6 Å². The molecule has 0 saturated carbocycles. The average Bonchev–Trinajstić information content (AvgIpc) is 3.54. The molecule has 3 aromatic heterocycles. The summed E-state index contributed by atoms with van der Waals surface area (Å²) in [5, 5.41) is 4.75. The first kappa shape index (κ1) is 23.6. The fourth-order valence-electron chi connectivity index (χ4n) is 4.57. The Labute approximate surface area is 224 Å². The maximum atomic E-state index is 13.4. The van der Waals surface area contributed by atoms with Gasteiger partial charge in [-0.05, 0) is 73.7 Å². The van der Waals surface area contributed by atoms with E-state index in [2.05, 4.69) is 31.4 Å². The van der Waals surface area contributed by atoms with Crippen molar-refractivity contribution in [3.63, 3.8) is 0 Å². The lowest BCUT2D eigenvalue weighted by Crippen LogP contribution is -2.21. The summed E-state index contributed by atoms with van der Waals surface area (Å²) in [4.78, 5) is 32.8. The number of furan rings is 1. The minimum Gasteiger partial charge on any atom is -0.455 e. The number of amides is 1. The van der Waals surface area contributed by atoms with Gasteiger partial charge >= 0.3 is 0 Å². The highest BCUT2D eigenvalue weighted by atomic mass is 79.9. The Bertz CT molecular complexity index is 1730. The Morgan fingerprint density at radius 1 is 1.11 bits per heavy atom. The van der Waals surface area contributed by atoms with Gasteiger partial charge in [-0.15, -0.1) is 11.3 Å². The molecule has 2 aromatic carbocycles. The van der Waals surface area contributed by atoms with Crippen molar-refractivity contribution in [2.75, 3.05) is 0 Å². The van der Waals surface area contributed by atoms with Gasteiger partial charge in [0, 0.05) is 20.5 Å². The van der Waals surface area contributed by atoms with Crippen LogP contribution in [0.3, 0.4) is 0 Å². The molecule has 0 radical (unpaired) electrons. The summed E-state index contributed by atoms with van der Waals surface area (Å²) in [5.41, 5.74) is 5.46. The third-order valence-electron chi connectivity index (χ3n) is 6.36. The molecule has 0 saturated heterocycles. The van der Waals surface area contributed by atoms with Crippen LogP contribution in [-0.2, 0) is 12.8 Å². The van der Waals surface area contributed by atoms with Crippen LogP contribution in [0.1, 0.15) is 39.4 Å². The van der Waals surface area contributed by atoms with Crippen LogP contribution in [0.4, 0.5) is 0 Å². The first-order chi connectivity index (χ1) is 18.1. The lowest BCUT2D eigenvalue weighted by molar-refractivity contribution is 0.0955. The second-order valence-corrected chi connectivity index (χ2v) is 10.8. The molecule has 1 aliphatic carbocycles. The smallest absolute Gasteiger partial charge is 0.271 e. The monoisotopic (exact) mass is 572 g/mol. The quantitative estimate of drug-likeness (QED) is 0.203. The largest absolute Gasteiger partial charge is 0.455 e. The molecule has 0 bridgehead atoms. The molecular formula is C28H21BrN4O3S. The molecule has 0 unspecified atom stereocenters. The molecule has 5 aromatic rings. The topological polar surface area (TPSA) is 89.5 Å². The number of rotatable bonds is 5. The van der Waals surface area contributed by atoms with Gasteiger partial charge in [0.15, 0.2) is 0 Å². The Hall–Kier alpha value is -3.82. The Balaban J connectivity index is 1.21. The lowest BCUT2D eigenvalue weighted by Gasteiger charge is -2.11. The fourth-order valence-corrected chi connectivity index (χ4v) is 6.18. The SMILES string of the molecule is O=C(N/N=C/c1ccc(-c2cccc(Br)c2)o1)c1cccc(-n2cnc3sc4c(c3c2=O)CCCC4)c1. The summed E-state index contributed by atoms with van der Waals surface area (Å²) in [6.45, 7) is 0. The number of aromatic nitrogens is 2. The predicted molar refractivity (Wildman–Crippen MR) is 149 cm³/mol. The van der Waals surface area contributed by atoms with E-state index in [0.717, 1.165) is 46.1 Å². The van der Waals surface area contributed by atoms with Gasteiger partial charge in [0.05, 0.1) is 17.3 Å². The molecule has 37 heavy (non-hydrogen) atoms. The number of aryl methyl sites for hydroxylation is 2. The van der Waals surface area contributed by atoms with Crippen LogP contribution in [0.25, 0.3) is 27.2 Å². The van der Waals surface area contributed by atoms with Gasteiger partial charge in [-0.2, -0.15) is 5.10 Å². The van der Waals surface area contributed by atoms with E-state index in [1.807, 2.05) is 30.3 Å². The van der Waals surface area contributed by atoms with Crippen LogP contribution in [0, 0.1) is 0 Å². The number of nitrogens with one attached hydrogen (secondary N) is 1. The van der Waals surface area contributed by atoms with Gasteiger partial charge in [-0.1, -0.05) is 34.1 Å². The van der Waals surface area contributed by atoms with E-state index in [1.165, 1.54) is 15.7 Å². The van der Waals surface area contributed by atoms with Crippen LogP contribution in [0.5, 0.6) is 0 Å². The van der Waals surface area contributed by atoms with Crippen molar-refractivity contribution in [1.29, 1.82) is 0 Å². The number of hydrazone groups is 1. The van der Waals surface area contributed by atoms with Gasteiger partial charge in [0.2, 0.25) is 0 Å². The number of carbonyl (C=O) groups is 1. The molecule has 1 N–H and O–H groups in total. The number of hydrogen-bond acceptors (Lipinski definition) is 6. The molecule has 7 nitrogen and oxygen atoms in total. The Morgan fingerprint density at radius 2 is 1.97 bits per heavy atom. The Kier molecular flexibility index (Phi) is 6.31. The van der Waals surface area contributed by atoms with Crippen molar-refractivity contribution < 1.29 is 9.21 Å². The molecule has 6 rings (SSSR count). The van der Waals surface area contributed by atoms with Gasteiger partial charge in [0.25, 0.3) is 11.5 Å². The van der Waals surface area contributed by atoms with Gasteiger partial charge in [-0.25, -0.2) is 10.4 Å². The van der Waals surface area contributed by atoms with E-state index in [-0.39, 0.29) is 5.56 Å². The number of benzene rings is 2. The van der Waals surface area contributed by atoms with E-state index in [1.54, 1.807) is 48.0 Å². The zero-order valence-corrected chi connectivity index (χ0v) is 22.0. The molecule has 3 heterocycles. The second kappa shape index (κ2) is 9.91. The maximum Gasteiger partial charge on any atom is 0.271 e. The van der Waals surface area contributed by atoms with Crippen LogP contribution < -0.4 is 11.0 Å². The van der Waals surface area contributed by atoms with Gasteiger partial charge < -0.3 is 4.42 Å². The van der Waals surface area contributed by atoms with Crippen molar-refractivity contribution in [1.82, 2.24) is 15.0 Å². The molecular weight excluding hydrogens is 552 g/mol. The third-order valence-corrected chi connectivity index (χ3v) is 8.05. The van der Waals surface area contributed by atoms with Crippen LogP contribution >= 0.6 is 27.3 Å². The summed E-state index contributed by atoms with van der Waals surface area (Å²) in [5.74, 6) is 0.811. The molecule has 1 amide bonds. The third kappa shape index (κ3) is 4.68. The summed E-state index contributed by atoms with van der Waals surface area (Å²) < 4.78 is 8.27. The van der Waals surface area contributed by atoms with Gasteiger partial charge in [0.1, 0.15) is 22.7 Å².